The fraction of sp³-hybridized carbons (Fsp3) is 0.417. The molecule has 1 N–H and O–H groups in total. The molecular weight excluding hydrogens is 188 g/mol. The third-order valence-corrected chi connectivity index (χ3v) is 2.06. The average Bonchev–Trinajstić information content (AvgIpc) is 2.20. The Morgan fingerprint density at radius 1 is 1.33 bits per heavy atom. The summed E-state index contributed by atoms with van der Waals surface area (Å²) in [6.07, 6.45) is 2.77. The molecule has 0 atom stereocenters. The van der Waals surface area contributed by atoms with E-state index in [0.717, 1.165) is 25.1 Å². The maximum absolute atomic E-state index is 9.46. The number of para-hydroxylation sites is 1. The summed E-state index contributed by atoms with van der Waals surface area (Å²) >= 11 is 0. The molecule has 0 unspecified atom stereocenters. The molecule has 1 aromatic carbocycles. The first kappa shape index (κ1) is 11.7. The van der Waals surface area contributed by atoms with Crippen molar-refractivity contribution in [3.8, 4) is 5.75 Å². The van der Waals surface area contributed by atoms with Gasteiger partial charge in [0.05, 0.1) is 0 Å². The van der Waals surface area contributed by atoms with Gasteiger partial charge in [-0.05, 0) is 39.2 Å². The highest BCUT2D eigenvalue weighted by atomic mass is 16.3. The molecule has 0 fully saturated rings. The van der Waals surface area contributed by atoms with Crippen LogP contribution in [0.2, 0.25) is 0 Å². The molecule has 0 heterocycles. The summed E-state index contributed by atoms with van der Waals surface area (Å²) in [6.45, 7) is 1.84. The molecule has 0 spiro atoms. The van der Waals surface area contributed by atoms with Crippen molar-refractivity contribution in [1.29, 1.82) is 0 Å². The highest BCUT2D eigenvalue weighted by Gasteiger charge is 1.94. The molecule has 15 heavy (non-hydrogen) atoms. The number of aromatic hydroxyl groups is 1. The summed E-state index contributed by atoms with van der Waals surface area (Å²) in [4.78, 5) is 6.40. The molecule has 0 radical (unpaired) electrons. The van der Waals surface area contributed by atoms with Gasteiger partial charge in [0.1, 0.15) is 5.75 Å². The molecule has 3 nitrogen and oxygen atoms in total. The largest absolute Gasteiger partial charge is 0.507 e. The zero-order chi connectivity index (χ0) is 11.1. The van der Waals surface area contributed by atoms with Gasteiger partial charge in [-0.25, -0.2) is 0 Å². The van der Waals surface area contributed by atoms with Crippen LogP contribution in [0.5, 0.6) is 5.75 Å². The monoisotopic (exact) mass is 206 g/mol. The van der Waals surface area contributed by atoms with Gasteiger partial charge < -0.3 is 10.0 Å². The Kier molecular flexibility index (Phi) is 4.84. The molecule has 0 saturated heterocycles. The second-order valence-corrected chi connectivity index (χ2v) is 3.75. The predicted molar refractivity (Wildman–Crippen MR) is 63.7 cm³/mol. The Hall–Kier alpha value is -1.35. The molecule has 1 rings (SSSR count). The van der Waals surface area contributed by atoms with Crippen LogP contribution < -0.4 is 0 Å². The Balaban J connectivity index is 2.35. The van der Waals surface area contributed by atoms with E-state index in [1.54, 1.807) is 18.3 Å². The normalized spacial score (nSPS) is 11.4. The van der Waals surface area contributed by atoms with E-state index in [-0.39, 0.29) is 5.75 Å². The Labute approximate surface area is 91.1 Å². The summed E-state index contributed by atoms with van der Waals surface area (Å²) in [5.41, 5.74) is 0.780. The molecule has 0 aliphatic heterocycles. The van der Waals surface area contributed by atoms with E-state index in [1.807, 2.05) is 26.2 Å². The van der Waals surface area contributed by atoms with Crippen LogP contribution in [0.4, 0.5) is 0 Å². The lowest BCUT2D eigenvalue weighted by atomic mass is 10.2. The van der Waals surface area contributed by atoms with Crippen LogP contribution >= 0.6 is 0 Å². The lowest BCUT2D eigenvalue weighted by Gasteiger charge is -2.06. The van der Waals surface area contributed by atoms with Gasteiger partial charge >= 0.3 is 0 Å². The minimum atomic E-state index is 0.286. The van der Waals surface area contributed by atoms with Gasteiger partial charge in [-0.1, -0.05) is 12.1 Å². The average molecular weight is 206 g/mol. The maximum atomic E-state index is 9.46. The van der Waals surface area contributed by atoms with Gasteiger partial charge in [0.2, 0.25) is 0 Å². The second kappa shape index (κ2) is 6.19. The van der Waals surface area contributed by atoms with Crippen molar-refractivity contribution >= 4 is 6.21 Å². The van der Waals surface area contributed by atoms with E-state index < -0.39 is 0 Å². The summed E-state index contributed by atoms with van der Waals surface area (Å²) < 4.78 is 0. The number of rotatable bonds is 5. The lowest BCUT2D eigenvalue weighted by Crippen LogP contribution is -2.13. The molecule has 1 aromatic rings. The standard InChI is InChI=1S/C12H18N2O/c1-14(2)9-5-8-13-10-11-6-3-4-7-12(11)15/h3-4,6-7,10,15H,5,8-9H2,1-2H3. The van der Waals surface area contributed by atoms with Crippen molar-refractivity contribution in [1.82, 2.24) is 4.90 Å². The van der Waals surface area contributed by atoms with E-state index in [2.05, 4.69) is 9.89 Å². The fourth-order valence-corrected chi connectivity index (χ4v) is 1.24. The van der Waals surface area contributed by atoms with Crippen molar-refractivity contribution < 1.29 is 5.11 Å². The van der Waals surface area contributed by atoms with Gasteiger partial charge in [0, 0.05) is 18.3 Å². The minimum absolute atomic E-state index is 0.286. The van der Waals surface area contributed by atoms with E-state index in [4.69, 9.17) is 0 Å². The van der Waals surface area contributed by atoms with E-state index >= 15 is 0 Å². The number of hydrogen-bond donors (Lipinski definition) is 1. The van der Waals surface area contributed by atoms with Crippen LogP contribution in [-0.2, 0) is 0 Å². The van der Waals surface area contributed by atoms with Crippen molar-refractivity contribution in [2.24, 2.45) is 4.99 Å². The Morgan fingerprint density at radius 2 is 2.07 bits per heavy atom. The second-order valence-electron chi connectivity index (χ2n) is 3.75. The molecular formula is C12H18N2O. The van der Waals surface area contributed by atoms with E-state index in [1.165, 1.54) is 0 Å². The van der Waals surface area contributed by atoms with Crippen LogP contribution in [0.15, 0.2) is 29.3 Å². The Bertz CT molecular complexity index is 321. The predicted octanol–water partition coefficient (Wildman–Crippen LogP) is 1.76. The van der Waals surface area contributed by atoms with E-state index in [9.17, 15) is 5.11 Å². The van der Waals surface area contributed by atoms with Crippen LogP contribution in [0.1, 0.15) is 12.0 Å². The molecule has 3 heteroatoms. The van der Waals surface area contributed by atoms with Gasteiger partial charge in [0.25, 0.3) is 0 Å². The first-order valence-electron chi connectivity index (χ1n) is 5.12. The van der Waals surface area contributed by atoms with Crippen LogP contribution in [0.25, 0.3) is 0 Å². The van der Waals surface area contributed by atoms with Crippen LogP contribution in [0, 0.1) is 0 Å². The molecule has 82 valence electrons. The van der Waals surface area contributed by atoms with Gasteiger partial charge in [-0.2, -0.15) is 0 Å². The highest BCUT2D eigenvalue weighted by Crippen LogP contribution is 2.12. The summed E-state index contributed by atoms with van der Waals surface area (Å²) in [7, 11) is 4.10. The number of phenols is 1. The first-order chi connectivity index (χ1) is 7.20. The smallest absolute Gasteiger partial charge is 0.124 e. The topological polar surface area (TPSA) is 35.8 Å². The SMILES string of the molecule is CN(C)CCCN=Cc1ccccc1O. The van der Waals surface area contributed by atoms with Crippen LogP contribution in [-0.4, -0.2) is 43.4 Å². The Morgan fingerprint density at radius 3 is 2.73 bits per heavy atom. The van der Waals surface area contributed by atoms with Gasteiger partial charge in [-0.15, -0.1) is 0 Å². The highest BCUT2D eigenvalue weighted by molar-refractivity contribution is 5.83. The molecule has 0 aliphatic carbocycles. The van der Waals surface area contributed by atoms with E-state index in [0.29, 0.717) is 0 Å². The zero-order valence-electron chi connectivity index (χ0n) is 9.35. The molecule has 0 aromatic heterocycles. The fourth-order valence-electron chi connectivity index (χ4n) is 1.24. The number of phenolic OH excluding ortho intramolecular Hbond substituents is 1. The van der Waals surface area contributed by atoms with Gasteiger partial charge in [0.15, 0.2) is 0 Å². The van der Waals surface area contributed by atoms with Crippen molar-refractivity contribution in [3.05, 3.63) is 29.8 Å². The number of hydrogen-bond acceptors (Lipinski definition) is 3. The summed E-state index contributed by atoms with van der Waals surface area (Å²) in [6, 6.07) is 7.21. The first-order valence-corrected chi connectivity index (χ1v) is 5.12. The zero-order valence-corrected chi connectivity index (χ0v) is 9.35. The minimum Gasteiger partial charge on any atom is -0.507 e. The van der Waals surface area contributed by atoms with Crippen molar-refractivity contribution in [3.63, 3.8) is 0 Å². The third kappa shape index (κ3) is 4.61. The van der Waals surface area contributed by atoms with Crippen molar-refractivity contribution in [2.45, 2.75) is 6.42 Å². The summed E-state index contributed by atoms with van der Waals surface area (Å²) in [5, 5.41) is 9.46. The van der Waals surface area contributed by atoms with Crippen molar-refractivity contribution in [2.75, 3.05) is 27.2 Å². The molecule has 0 bridgehead atoms. The quantitative estimate of drug-likeness (QED) is 0.588. The molecule has 0 saturated carbocycles. The number of benzene rings is 1. The molecule has 0 amide bonds. The number of nitrogens with zero attached hydrogens (tertiary/aromatic N) is 2. The molecule has 0 aliphatic rings. The number of aliphatic imine (C=N–C) groups is 1. The van der Waals surface area contributed by atoms with Crippen LogP contribution in [0.3, 0.4) is 0 Å². The lowest BCUT2D eigenvalue weighted by molar-refractivity contribution is 0.403. The van der Waals surface area contributed by atoms with Gasteiger partial charge in [-0.3, -0.25) is 4.99 Å². The maximum Gasteiger partial charge on any atom is 0.124 e. The third-order valence-electron chi connectivity index (χ3n) is 2.06. The summed E-state index contributed by atoms with van der Waals surface area (Å²) in [5.74, 6) is 0.286.